The monoisotopic (exact) mass is 445 g/mol. The molecular weight excluding hydrogens is 426 g/mol. The number of carbonyl (C=O) groups excluding carboxylic acids is 1. The molecule has 158 valence electrons. The van der Waals surface area contributed by atoms with Gasteiger partial charge in [-0.3, -0.25) is 4.79 Å². The van der Waals surface area contributed by atoms with E-state index in [0.29, 0.717) is 5.56 Å². The maximum absolute atomic E-state index is 14.0. The molecule has 1 aliphatic carbocycles. The molecule has 5 aromatic carbocycles. The summed E-state index contributed by atoms with van der Waals surface area (Å²) < 4.78 is 15.6. The van der Waals surface area contributed by atoms with Crippen LogP contribution in [0.2, 0.25) is 0 Å². The van der Waals surface area contributed by atoms with Gasteiger partial charge in [-0.1, -0.05) is 66.7 Å². The van der Waals surface area contributed by atoms with Gasteiger partial charge in [-0.15, -0.1) is 0 Å². The van der Waals surface area contributed by atoms with Gasteiger partial charge in [0, 0.05) is 5.56 Å². The molecule has 33 heavy (non-hydrogen) atoms. The van der Waals surface area contributed by atoms with Crippen LogP contribution in [0.3, 0.4) is 0 Å². The van der Waals surface area contributed by atoms with E-state index < -0.39 is 11.0 Å². The van der Waals surface area contributed by atoms with E-state index in [0.717, 1.165) is 43.8 Å². The Labute approximate surface area is 193 Å². The van der Waals surface area contributed by atoms with Crippen molar-refractivity contribution in [2.24, 2.45) is 0 Å². The van der Waals surface area contributed by atoms with E-state index in [-0.39, 0.29) is 17.2 Å². The molecule has 0 saturated heterocycles. The molecule has 0 saturated carbocycles. The highest BCUT2D eigenvalue weighted by Gasteiger charge is 2.49. The average Bonchev–Trinajstić information content (AvgIpc) is 2.86. The van der Waals surface area contributed by atoms with E-state index >= 15 is 0 Å². The highest BCUT2D eigenvalue weighted by atomic mass is 32.2. The van der Waals surface area contributed by atoms with Gasteiger partial charge in [0.25, 0.3) is 5.91 Å². The van der Waals surface area contributed by atoms with Gasteiger partial charge in [0.1, 0.15) is 16.2 Å². The number of fused-ring (bicyclic) bond motifs is 3. The predicted octanol–water partition coefficient (Wildman–Crippen LogP) is 6.30. The molecular formula is C29H19NO2S. The lowest BCUT2D eigenvalue weighted by atomic mass is 9.79. The maximum atomic E-state index is 14.0. The molecule has 3 aliphatic rings. The number of benzene rings is 5. The Morgan fingerprint density at radius 3 is 1.52 bits per heavy atom. The van der Waals surface area contributed by atoms with Crippen LogP contribution in [-0.2, 0) is 11.0 Å². The first-order valence-corrected chi connectivity index (χ1v) is 12.2. The van der Waals surface area contributed by atoms with Gasteiger partial charge in [-0.05, 0) is 80.2 Å². The van der Waals surface area contributed by atoms with Crippen LogP contribution in [0.1, 0.15) is 43.9 Å². The zero-order valence-corrected chi connectivity index (χ0v) is 18.5. The van der Waals surface area contributed by atoms with Crippen LogP contribution >= 0.6 is 0 Å². The number of rotatable bonds is 1. The summed E-state index contributed by atoms with van der Waals surface area (Å²) in [5.41, 5.74) is 4.84. The molecule has 2 bridgehead atoms. The van der Waals surface area contributed by atoms with Crippen LogP contribution in [-0.4, -0.2) is 14.4 Å². The highest BCUT2D eigenvalue weighted by Crippen LogP contribution is 2.54. The second-order valence-electron chi connectivity index (χ2n) is 8.71. The second kappa shape index (κ2) is 6.87. The van der Waals surface area contributed by atoms with E-state index in [1.54, 1.807) is 16.4 Å². The van der Waals surface area contributed by atoms with Crippen LogP contribution in [0.5, 0.6) is 0 Å². The third-order valence-corrected chi connectivity index (χ3v) is 8.58. The molecule has 3 nitrogen and oxygen atoms in total. The number of nitrogens with zero attached hydrogens (tertiary/aromatic N) is 1. The quantitative estimate of drug-likeness (QED) is 0.303. The fourth-order valence-electron chi connectivity index (χ4n) is 5.41. The van der Waals surface area contributed by atoms with Gasteiger partial charge in [-0.25, -0.2) is 8.51 Å². The topological polar surface area (TPSA) is 37.4 Å². The molecule has 8 rings (SSSR count). The standard InChI is InChI=1S/C29H19NO2S/c31-29(18-8-2-1-3-9-18)30-27-23-14-19-10-4-6-12-21(19)16-25(23)28(33(30)32)26-17-22-13-7-5-11-20(22)15-24(26)27/h1-17,27-28H. The van der Waals surface area contributed by atoms with Crippen molar-refractivity contribution in [3.05, 3.63) is 131 Å². The lowest BCUT2D eigenvalue weighted by Crippen LogP contribution is -2.47. The van der Waals surface area contributed by atoms with E-state index in [1.165, 1.54) is 0 Å². The van der Waals surface area contributed by atoms with Crippen molar-refractivity contribution in [1.29, 1.82) is 0 Å². The Morgan fingerprint density at radius 1 is 0.606 bits per heavy atom. The molecule has 0 spiro atoms. The Balaban J connectivity index is 1.53. The first-order chi connectivity index (χ1) is 16.2. The minimum atomic E-state index is -1.52. The summed E-state index contributed by atoms with van der Waals surface area (Å²) in [4.78, 5) is 13.7. The molecule has 0 fully saturated rings. The van der Waals surface area contributed by atoms with Crippen molar-refractivity contribution in [1.82, 2.24) is 4.31 Å². The Bertz CT molecular complexity index is 1540. The summed E-state index contributed by atoms with van der Waals surface area (Å²) in [5, 5.41) is 4.14. The van der Waals surface area contributed by atoms with Crippen molar-refractivity contribution in [2.45, 2.75) is 11.3 Å². The Morgan fingerprint density at radius 2 is 1.03 bits per heavy atom. The zero-order chi connectivity index (χ0) is 22.1. The summed E-state index contributed by atoms with van der Waals surface area (Å²) in [5.74, 6) is -0.193. The van der Waals surface area contributed by atoms with Crippen molar-refractivity contribution in [2.75, 3.05) is 0 Å². The molecule has 1 atom stereocenters. The van der Waals surface area contributed by atoms with Gasteiger partial charge in [0.2, 0.25) is 0 Å². The fraction of sp³-hybridized carbons (Fsp3) is 0.0690. The predicted molar refractivity (Wildman–Crippen MR) is 132 cm³/mol. The molecule has 5 aromatic rings. The average molecular weight is 446 g/mol. The van der Waals surface area contributed by atoms with Crippen LogP contribution in [0.4, 0.5) is 0 Å². The van der Waals surface area contributed by atoms with E-state index in [2.05, 4.69) is 48.5 Å². The Kier molecular flexibility index (Phi) is 3.91. The summed E-state index contributed by atoms with van der Waals surface area (Å²) in [6.45, 7) is 0. The summed E-state index contributed by atoms with van der Waals surface area (Å²) >= 11 is 0. The molecule has 0 N–H and O–H groups in total. The lowest BCUT2D eigenvalue weighted by molar-refractivity contribution is 0.0834. The molecule has 1 amide bonds. The van der Waals surface area contributed by atoms with Crippen LogP contribution in [0, 0.1) is 0 Å². The van der Waals surface area contributed by atoms with Crippen LogP contribution in [0.25, 0.3) is 21.5 Å². The molecule has 0 aromatic heterocycles. The fourth-order valence-corrected chi connectivity index (χ4v) is 7.18. The maximum Gasteiger partial charge on any atom is 0.266 e. The lowest BCUT2D eigenvalue weighted by Gasteiger charge is -2.46. The minimum Gasteiger partial charge on any atom is -0.268 e. The van der Waals surface area contributed by atoms with E-state index in [9.17, 15) is 9.00 Å². The number of hydrogen-bond acceptors (Lipinski definition) is 2. The molecule has 0 radical (unpaired) electrons. The third kappa shape index (κ3) is 2.61. The van der Waals surface area contributed by atoms with Crippen molar-refractivity contribution < 1.29 is 9.00 Å². The summed E-state index contributed by atoms with van der Waals surface area (Å²) in [6, 6.07) is 34.0. The SMILES string of the molecule is O=C(c1ccccc1)N1C2c3cc4ccccc4cc3C(c3cc4ccccc4cc32)S1=O. The van der Waals surface area contributed by atoms with Gasteiger partial charge in [0.05, 0.1) is 6.04 Å². The second-order valence-corrected chi connectivity index (χ2v) is 10.1. The Hall–Kier alpha value is -3.76. The van der Waals surface area contributed by atoms with Crippen LogP contribution < -0.4 is 0 Å². The molecule has 2 aliphatic heterocycles. The minimum absolute atomic E-state index is 0.193. The number of hydrogen-bond donors (Lipinski definition) is 0. The third-order valence-electron chi connectivity index (χ3n) is 6.91. The first kappa shape index (κ1) is 18.8. The van der Waals surface area contributed by atoms with Crippen molar-refractivity contribution >= 4 is 38.4 Å². The van der Waals surface area contributed by atoms with Crippen molar-refractivity contribution in [3.63, 3.8) is 0 Å². The smallest absolute Gasteiger partial charge is 0.266 e. The zero-order valence-electron chi connectivity index (χ0n) is 17.6. The van der Waals surface area contributed by atoms with Gasteiger partial charge >= 0.3 is 0 Å². The van der Waals surface area contributed by atoms with Gasteiger partial charge in [0.15, 0.2) is 0 Å². The van der Waals surface area contributed by atoms with Crippen molar-refractivity contribution in [3.8, 4) is 0 Å². The molecule has 1 unspecified atom stereocenters. The van der Waals surface area contributed by atoms with Crippen LogP contribution in [0.15, 0.2) is 103 Å². The molecule has 2 heterocycles. The number of amides is 1. The van der Waals surface area contributed by atoms with E-state index in [4.69, 9.17) is 0 Å². The van der Waals surface area contributed by atoms with E-state index in [1.807, 2.05) is 42.5 Å². The first-order valence-electron chi connectivity index (χ1n) is 11.1. The summed E-state index contributed by atoms with van der Waals surface area (Å²) in [7, 11) is -1.52. The molecule has 4 heteroatoms. The van der Waals surface area contributed by atoms with Gasteiger partial charge in [-0.2, -0.15) is 0 Å². The van der Waals surface area contributed by atoms with Gasteiger partial charge < -0.3 is 0 Å². The highest BCUT2D eigenvalue weighted by molar-refractivity contribution is 7.83. The largest absolute Gasteiger partial charge is 0.268 e. The summed E-state index contributed by atoms with van der Waals surface area (Å²) in [6.07, 6.45) is 0. The number of carbonyl (C=O) groups is 1. The normalized spacial score (nSPS) is 20.6.